The number of nitrogens with zero attached hydrogens (tertiary/aromatic N) is 2. The van der Waals surface area contributed by atoms with Gasteiger partial charge >= 0.3 is 0 Å². The number of imide groups is 1. The first kappa shape index (κ1) is 20.8. The van der Waals surface area contributed by atoms with Crippen molar-refractivity contribution in [2.24, 2.45) is 0 Å². The van der Waals surface area contributed by atoms with Gasteiger partial charge in [-0.15, -0.1) is 0 Å². The summed E-state index contributed by atoms with van der Waals surface area (Å²) in [5.41, 5.74) is 2.98. The predicted octanol–water partition coefficient (Wildman–Crippen LogP) is 0.614. The molecule has 0 saturated carbocycles. The van der Waals surface area contributed by atoms with Gasteiger partial charge in [0.05, 0.1) is 0 Å². The van der Waals surface area contributed by atoms with Crippen LogP contribution in [0.5, 0.6) is 0 Å². The summed E-state index contributed by atoms with van der Waals surface area (Å²) >= 11 is 0. The number of hydrogen-bond acceptors (Lipinski definition) is 6. The Morgan fingerprint density at radius 3 is 2.77 bits per heavy atom. The van der Waals surface area contributed by atoms with Crippen molar-refractivity contribution < 1.29 is 14.4 Å². The Kier molecular flexibility index (Phi) is 6.34. The van der Waals surface area contributed by atoms with Gasteiger partial charge in [0.1, 0.15) is 0 Å². The molecule has 2 fully saturated rings. The topological polar surface area (TPSA) is 93.8 Å². The number of nitrogens with one attached hydrogen (secondary N) is 3. The Morgan fingerprint density at radius 1 is 1.27 bits per heavy atom. The second-order valence-corrected chi connectivity index (χ2v) is 8.64. The highest BCUT2D eigenvalue weighted by atomic mass is 16.2. The van der Waals surface area contributed by atoms with Gasteiger partial charge in [-0.25, -0.2) is 0 Å². The molecule has 1 atom stereocenters. The third-order valence-corrected chi connectivity index (χ3v) is 6.52. The second kappa shape index (κ2) is 9.14. The van der Waals surface area contributed by atoms with Crippen LogP contribution in [0.2, 0.25) is 0 Å². The van der Waals surface area contributed by atoms with E-state index in [1.165, 1.54) is 18.5 Å². The number of fused-ring (bicyclic) bond motifs is 1. The van der Waals surface area contributed by atoms with Crippen LogP contribution in [0.15, 0.2) is 18.2 Å². The normalized spacial score (nSPS) is 20.6. The Balaban J connectivity index is 1.30. The van der Waals surface area contributed by atoms with Crippen LogP contribution in [0.4, 0.5) is 5.69 Å². The summed E-state index contributed by atoms with van der Waals surface area (Å²) in [6.07, 6.45) is 3.55. The van der Waals surface area contributed by atoms with Crippen molar-refractivity contribution in [1.82, 2.24) is 20.9 Å². The zero-order chi connectivity index (χ0) is 21.1. The molecule has 3 heterocycles. The molecule has 4 rings (SSSR count). The van der Waals surface area contributed by atoms with E-state index in [0.29, 0.717) is 31.5 Å². The molecule has 0 aliphatic carbocycles. The Hall–Kier alpha value is -2.45. The summed E-state index contributed by atoms with van der Waals surface area (Å²) in [4.78, 5) is 38.8. The summed E-state index contributed by atoms with van der Waals surface area (Å²) in [5, 5.41) is 9.32. The molecule has 3 amide bonds. The summed E-state index contributed by atoms with van der Waals surface area (Å²) in [6.45, 7) is 6.73. The molecule has 3 N–H and O–H groups in total. The lowest BCUT2D eigenvalue weighted by molar-refractivity contribution is -0.125. The van der Waals surface area contributed by atoms with Crippen LogP contribution in [-0.2, 0) is 16.1 Å². The van der Waals surface area contributed by atoms with Gasteiger partial charge in [-0.05, 0) is 63.0 Å². The SMILES string of the molecule is CC(CCC(=O)NC=O)N1Cc2cc(N3CC(NC4CCNCC4)C3)ccc2C1=O. The zero-order valence-electron chi connectivity index (χ0n) is 17.5. The highest BCUT2D eigenvalue weighted by Gasteiger charge is 2.33. The van der Waals surface area contributed by atoms with Gasteiger partial charge in [-0.3, -0.25) is 19.7 Å². The minimum atomic E-state index is -0.311. The summed E-state index contributed by atoms with van der Waals surface area (Å²) in [6, 6.07) is 7.22. The Morgan fingerprint density at radius 2 is 2.03 bits per heavy atom. The van der Waals surface area contributed by atoms with E-state index in [-0.39, 0.29) is 24.3 Å². The van der Waals surface area contributed by atoms with Gasteiger partial charge in [-0.1, -0.05) is 0 Å². The summed E-state index contributed by atoms with van der Waals surface area (Å²) in [5.74, 6) is -0.289. The molecule has 162 valence electrons. The smallest absolute Gasteiger partial charge is 0.254 e. The van der Waals surface area contributed by atoms with E-state index < -0.39 is 0 Å². The fraction of sp³-hybridized carbons (Fsp3) is 0.591. The number of hydrogen-bond donors (Lipinski definition) is 3. The third kappa shape index (κ3) is 4.49. The lowest BCUT2D eigenvalue weighted by atomic mass is 10.0. The van der Waals surface area contributed by atoms with Crippen molar-refractivity contribution in [3.05, 3.63) is 29.3 Å². The van der Waals surface area contributed by atoms with Crippen LogP contribution in [0.3, 0.4) is 0 Å². The number of carbonyl (C=O) groups excluding carboxylic acids is 3. The van der Waals surface area contributed by atoms with E-state index in [0.717, 1.165) is 37.3 Å². The molecule has 8 nitrogen and oxygen atoms in total. The van der Waals surface area contributed by atoms with E-state index in [1.807, 2.05) is 24.0 Å². The average molecular weight is 414 g/mol. The van der Waals surface area contributed by atoms with Crippen molar-refractivity contribution >= 4 is 23.9 Å². The lowest BCUT2D eigenvalue weighted by Gasteiger charge is -2.44. The molecule has 1 unspecified atom stereocenters. The van der Waals surface area contributed by atoms with Crippen molar-refractivity contribution in [2.45, 2.75) is 57.3 Å². The molecular formula is C22H31N5O3. The van der Waals surface area contributed by atoms with E-state index in [9.17, 15) is 14.4 Å². The number of anilines is 1. The highest BCUT2D eigenvalue weighted by molar-refractivity contribution is 5.99. The number of benzene rings is 1. The first-order valence-corrected chi connectivity index (χ1v) is 10.9. The number of rotatable bonds is 8. The van der Waals surface area contributed by atoms with Crippen molar-refractivity contribution in [2.75, 3.05) is 31.1 Å². The number of piperidine rings is 1. The molecular weight excluding hydrogens is 382 g/mol. The van der Waals surface area contributed by atoms with Crippen LogP contribution in [0, 0.1) is 0 Å². The predicted molar refractivity (Wildman–Crippen MR) is 114 cm³/mol. The van der Waals surface area contributed by atoms with Gasteiger partial charge in [0.15, 0.2) is 0 Å². The maximum Gasteiger partial charge on any atom is 0.254 e. The minimum Gasteiger partial charge on any atom is -0.368 e. The van der Waals surface area contributed by atoms with Gasteiger partial charge in [0.2, 0.25) is 12.3 Å². The Bertz CT molecular complexity index is 802. The van der Waals surface area contributed by atoms with E-state index in [1.54, 1.807) is 0 Å². The van der Waals surface area contributed by atoms with Gasteiger partial charge < -0.3 is 20.4 Å². The molecule has 0 aromatic heterocycles. The Labute approximate surface area is 177 Å². The molecule has 1 aromatic rings. The fourth-order valence-electron chi connectivity index (χ4n) is 4.63. The maximum atomic E-state index is 12.8. The highest BCUT2D eigenvalue weighted by Crippen LogP contribution is 2.31. The monoisotopic (exact) mass is 413 g/mol. The van der Waals surface area contributed by atoms with Crippen LogP contribution < -0.4 is 20.9 Å². The fourth-order valence-corrected chi connectivity index (χ4v) is 4.63. The number of carbonyl (C=O) groups is 3. The van der Waals surface area contributed by atoms with Crippen molar-refractivity contribution in [1.29, 1.82) is 0 Å². The van der Waals surface area contributed by atoms with Crippen LogP contribution in [-0.4, -0.2) is 67.4 Å². The van der Waals surface area contributed by atoms with Crippen molar-refractivity contribution in [3.8, 4) is 0 Å². The van der Waals surface area contributed by atoms with Crippen LogP contribution in [0.25, 0.3) is 0 Å². The molecule has 0 spiro atoms. The van der Waals surface area contributed by atoms with Crippen molar-refractivity contribution in [3.63, 3.8) is 0 Å². The maximum absolute atomic E-state index is 12.8. The summed E-state index contributed by atoms with van der Waals surface area (Å²) < 4.78 is 0. The molecule has 1 aromatic carbocycles. The quantitative estimate of drug-likeness (QED) is 0.541. The van der Waals surface area contributed by atoms with Gasteiger partial charge in [0.25, 0.3) is 5.91 Å². The number of amides is 3. The standard InChI is InChI=1S/C22H31N5O3/c1-15(2-5-21(29)24-14-28)27-11-16-10-19(3-4-20(16)22(27)30)26-12-18(13-26)25-17-6-8-23-9-7-17/h3-4,10,14-15,17-18,23,25H,2,5-9,11-13H2,1H3,(H,24,28,29). The molecule has 0 bridgehead atoms. The molecule has 2 saturated heterocycles. The van der Waals surface area contributed by atoms with E-state index in [2.05, 4.69) is 26.9 Å². The molecule has 3 aliphatic rings. The lowest BCUT2D eigenvalue weighted by Crippen LogP contribution is -2.61. The first-order valence-electron chi connectivity index (χ1n) is 10.9. The minimum absolute atomic E-state index is 0.0221. The third-order valence-electron chi connectivity index (χ3n) is 6.52. The van der Waals surface area contributed by atoms with Gasteiger partial charge in [0, 0.05) is 55.4 Å². The molecule has 30 heavy (non-hydrogen) atoms. The average Bonchev–Trinajstić information content (AvgIpc) is 3.05. The molecule has 8 heteroatoms. The molecule has 0 radical (unpaired) electrons. The van der Waals surface area contributed by atoms with E-state index in [4.69, 9.17) is 0 Å². The zero-order valence-corrected chi connectivity index (χ0v) is 17.5. The van der Waals surface area contributed by atoms with Crippen LogP contribution in [0.1, 0.15) is 48.5 Å². The second-order valence-electron chi connectivity index (χ2n) is 8.64. The summed E-state index contributed by atoms with van der Waals surface area (Å²) in [7, 11) is 0. The largest absolute Gasteiger partial charge is 0.368 e. The first-order chi connectivity index (χ1) is 14.5. The van der Waals surface area contributed by atoms with Crippen LogP contribution >= 0.6 is 0 Å². The van der Waals surface area contributed by atoms with Gasteiger partial charge in [-0.2, -0.15) is 0 Å². The molecule has 3 aliphatic heterocycles. The van der Waals surface area contributed by atoms with E-state index >= 15 is 0 Å².